The number of aromatic nitrogens is 4. The van der Waals surface area contributed by atoms with Crippen molar-refractivity contribution in [2.24, 2.45) is 5.92 Å². The average Bonchev–Trinajstić information content (AvgIpc) is 3.61. The first-order chi connectivity index (χ1) is 20.6. The largest absolute Gasteiger partial charge is 0.483 e. The lowest BCUT2D eigenvalue weighted by atomic mass is 9.97. The van der Waals surface area contributed by atoms with Crippen LogP contribution in [0, 0.1) is 18.7 Å². The topological polar surface area (TPSA) is 126 Å². The highest BCUT2D eigenvalue weighted by atomic mass is 35.5. The molecule has 0 saturated carbocycles. The molecule has 0 aliphatic carbocycles. The summed E-state index contributed by atoms with van der Waals surface area (Å²) in [5, 5.41) is 13.4. The molecule has 224 valence electrons. The number of hydrogen-bond acceptors (Lipinski definition) is 6. The quantitative estimate of drug-likeness (QED) is 0.186. The third kappa shape index (κ3) is 6.56. The van der Waals surface area contributed by atoms with Crippen molar-refractivity contribution in [3.05, 3.63) is 89.2 Å². The van der Waals surface area contributed by atoms with Gasteiger partial charge in [0.25, 0.3) is 5.91 Å². The van der Waals surface area contributed by atoms with Crippen molar-refractivity contribution < 1.29 is 18.7 Å². The first kappa shape index (κ1) is 29.8. The van der Waals surface area contributed by atoms with Gasteiger partial charge in [-0.1, -0.05) is 37.4 Å². The summed E-state index contributed by atoms with van der Waals surface area (Å²) >= 11 is 5.96. The number of nitrogens with one attached hydrogen (secondary N) is 4. The minimum absolute atomic E-state index is 0.0309. The van der Waals surface area contributed by atoms with Gasteiger partial charge in [0.2, 0.25) is 5.91 Å². The summed E-state index contributed by atoms with van der Waals surface area (Å²) in [6.07, 6.45) is 5.57. The molecule has 5 rings (SSSR count). The van der Waals surface area contributed by atoms with Crippen LogP contribution in [-0.4, -0.2) is 38.7 Å². The van der Waals surface area contributed by atoms with Gasteiger partial charge >= 0.3 is 0 Å². The molecule has 2 aromatic heterocycles. The zero-order chi connectivity index (χ0) is 30.7. The van der Waals surface area contributed by atoms with Gasteiger partial charge in [-0.3, -0.25) is 9.59 Å². The number of H-pyrrole nitrogens is 1. The summed E-state index contributed by atoms with van der Waals surface area (Å²) < 4.78 is 21.2. The van der Waals surface area contributed by atoms with Gasteiger partial charge in [0.05, 0.1) is 53.2 Å². The number of imidazole rings is 1. The first-order valence-corrected chi connectivity index (χ1v) is 14.3. The van der Waals surface area contributed by atoms with Crippen LogP contribution in [0.4, 0.5) is 15.8 Å². The van der Waals surface area contributed by atoms with Crippen molar-refractivity contribution in [2.45, 2.75) is 45.6 Å². The van der Waals surface area contributed by atoms with Crippen molar-refractivity contribution in [2.75, 3.05) is 17.7 Å². The zero-order valence-corrected chi connectivity index (χ0v) is 24.9. The number of rotatable bonds is 6. The Morgan fingerprint density at radius 2 is 2.05 bits per heavy atom. The molecule has 4 N–H and O–H groups in total. The van der Waals surface area contributed by atoms with Crippen LogP contribution in [-0.2, 0) is 9.53 Å². The van der Waals surface area contributed by atoms with Crippen LogP contribution in [0.3, 0.4) is 0 Å². The molecule has 2 atom stereocenters. The maximum atomic E-state index is 14.7. The molecule has 0 saturated heterocycles. The van der Waals surface area contributed by atoms with Gasteiger partial charge in [-0.15, -0.1) is 0 Å². The lowest BCUT2D eigenvalue weighted by molar-refractivity contribution is -0.117. The lowest BCUT2D eigenvalue weighted by Crippen LogP contribution is -2.30. The molecular formula is C31H33ClFN7O3. The Morgan fingerprint density at radius 1 is 1.23 bits per heavy atom. The van der Waals surface area contributed by atoms with E-state index >= 15 is 0 Å². The Labute approximate surface area is 253 Å². The molecule has 12 heteroatoms. The number of carbonyl (C=O) groups is 2. The molecule has 0 radical (unpaired) electrons. The van der Waals surface area contributed by atoms with Crippen LogP contribution in [0.25, 0.3) is 16.9 Å². The molecule has 3 heterocycles. The van der Waals surface area contributed by atoms with Gasteiger partial charge in [-0.2, -0.15) is 5.10 Å². The molecule has 0 unspecified atom stereocenters. The maximum Gasteiger partial charge on any atom is 0.255 e. The fraction of sp³-hybridized carbons (Fsp3) is 0.290. The number of aromatic amines is 1. The molecule has 4 aromatic rings. The molecule has 10 nitrogen and oxygen atoms in total. The van der Waals surface area contributed by atoms with E-state index in [0.29, 0.717) is 52.9 Å². The van der Waals surface area contributed by atoms with E-state index in [9.17, 15) is 14.0 Å². The van der Waals surface area contributed by atoms with Crippen LogP contribution >= 0.6 is 11.6 Å². The van der Waals surface area contributed by atoms with Crippen LogP contribution < -0.4 is 16.0 Å². The fourth-order valence-corrected chi connectivity index (χ4v) is 5.33. The average molecular weight is 606 g/mol. The molecule has 1 aliphatic heterocycles. The number of methoxy groups -OCH3 is 1. The van der Waals surface area contributed by atoms with E-state index in [1.165, 1.54) is 24.1 Å². The maximum absolute atomic E-state index is 14.7. The Bertz CT molecular complexity index is 1680. The number of fused-ring (bicyclic) bond motifs is 4. The summed E-state index contributed by atoms with van der Waals surface area (Å²) in [5.74, 6) is -0.00954. The molecule has 0 fully saturated rings. The second-order valence-electron chi connectivity index (χ2n) is 10.6. The number of anilines is 2. The van der Waals surface area contributed by atoms with Crippen LogP contribution in [0.5, 0.6) is 0 Å². The minimum Gasteiger partial charge on any atom is -0.483 e. The Morgan fingerprint density at radius 3 is 2.84 bits per heavy atom. The standard InChI is InChI=1S/C31H33ClFN7O3/c1-17-7-5-9-24(39-31(42)22-15-35-40(18(22)2)27-10-6-8-23(32)29(27)33)30-34-16-26(38-30)21-12-11-20(36-19(3)43-4)14-25(21)37-28(41)13-17/h6,8,10-12,14-17,24,36H,3,5,7,9,13H2,1-2,4H3,(H,34,38)(H,37,41)(H,39,42)/t17-,24-/m0/s1. The third-order valence-corrected chi connectivity index (χ3v) is 7.77. The van der Waals surface area contributed by atoms with Crippen LogP contribution in [0.1, 0.15) is 60.5 Å². The lowest BCUT2D eigenvalue weighted by Gasteiger charge is -2.18. The Balaban J connectivity index is 1.45. The van der Waals surface area contributed by atoms with E-state index in [1.807, 2.05) is 25.1 Å². The number of ether oxygens (including phenoxy) is 1. The zero-order valence-electron chi connectivity index (χ0n) is 24.1. The van der Waals surface area contributed by atoms with Crippen molar-refractivity contribution in [3.63, 3.8) is 0 Å². The number of benzene rings is 2. The number of hydrogen-bond donors (Lipinski definition) is 4. The van der Waals surface area contributed by atoms with Crippen molar-refractivity contribution >= 4 is 34.8 Å². The highest BCUT2D eigenvalue weighted by Gasteiger charge is 2.24. The minimum atomic E-state index is -0.616. The van der Waals surface area contributed by atoms with E-state index in [0.717, 1.165) is 18.4 Å². The Kier molecular flexibility index (Phi) is 8.81. The molecule has 2 aromatic carbocycles. The van der Waals surface area contributed by atoms with Crippen molar-refractivity contribution in [3.8, 4) is 16.9 Å². The summed E-state index contributed by atoms with van der Waals surface area (Å²) in [4.78, 5) is 34.4. The summed E-state index contributed by atoms with van der Waals surface area (Å²) in [7, 11) is 1.52. The van der Waals surface area contributed by atoms with Crippen LogP contribution in [0.2, 0.25) is 5.02 Å². The second-order valence-corrected chi connectivity index (χ2v) is 11.0. The van der Waals surface area contributed by atoms with Gasteiger partial charge in [0.1, 0.15) is 11.5 Å². The van der Waals surface area contributed by atoms with Gasteiger partial charge in [-0.05, 0) is 56.2 Å². The second kappa shape index (κ2) is 12.7. The molecular weight excluding hydrogens is 573 g/mol. The smallest absolute Gasteiger partial charge is 0.255 e. The van der Waals surface area contributed by atoms with E-state index in [2.05, 4.69) is 37.6 Å². The molecule has 1 aliphatic rings. The highest BCUT2D eigenvalue weighted by Crippen LogP contribution is 2.33. The molecule has 2 amide bonds. The van der Waals surface area contributed by atoms with E-state index < -0.39 is 11.9 Å². The summed E-state index contributed by atoms with van der Waals surface area (Å²) in [6.45, 7) is 7.53. The molecule has 0 spiro atoms. The summed E-state index contributed by atoms with van der Waals surface area (Å²) in [5.41, 5.74) is 3.63. The summed E-state index contributed by atoms with van der Waals surface area (Å²) in [6, 6.07) is 9.70. The SMILES string of the molecule is C=C(Nc1ccc2c(c1)NC(=O)C[C@@H](C)CCC[C@H](NC(=O)c1cnn(-c3cccc(Cl)c3F)c1C)c1ncc-2[nH]1)OC. The fourth-order valence-electron chi connectivity index (χ4n) is 5.16. The number of amides is 2. The first-order valence-electron chi connectivity index (χ1n) is 13.9. The molecule has 43 heavy (non-hydrogen) atoms. The number of nitrogens with zero attached hydrogens (tertiary/aromatic N) is 3. The van der Waals surface area contributed by atoms with Gasteiger partial charge < -0.3 is 25.7 Å². The Hall–Kier alpha value is -4.64. The monoisotopic (exact) mass is 605 g/mol. The van der Waals surface area contributed by atoms with Gasteiger partial charge in [-0.25, -0.2) is 14.1 Å². The van der Waals surface area contributed by atoms with E-state index in [1.54, 1.807) is 25.3 Å². The van der Waals surface area contributed by atoms with E-state index in [4.69, 9.17) is 16.3 Å². The van der Waals surface area contributed by atoms with Crippen molar-refractivity contribution in [1.29, 1.82) is 0 Å². The van der Waals surface area contributed by atoms with Crippen molar-refractivity contribution in [1.82, 2.24) is 25.1 Å². The predicted octanol–water partition coefficient (Wildman–Crippen LogP) is 6.51. The van der Waals surface area contributed by atoms with Crippen LogP contribution in [0.15, 0.2) is 61.3 Å². The highest BCUT2D eigenvalue weighted by molar-refractivity contribution is 6.30. The van der Waals surface area contributed by atoms with Gasteiger partial charge in [0.15, 0.2) is 11.7 Å². The number of halogens is 2. The third-order valence-electron chi connectivity index (χ3n) is 7.48. The van der Waals surface area contributed by atoms with Gasteiger partial charge in [0, 0.05) is 17.7 Å². The molecule has 2 bridgehead atoms. The number of carbonyl (C=O) groups excluding carboxylic acids is 2. The van der Waals surface area contributed by atoms with E-state index in [-0.39, 0.29) is 28.4 Å². The normalized spacial score (nSPS) is 17.0. The predicted molar refractivity (Wildman–Crippen MR) is 164 cm³/mol.